The monoisotopic (exact) mass is 192 g/mol. The van der Waals surface area contributed by atoms with Gasteiger partial charge in [-0.05, 0) is 31.3 Å². The fraction of sp³-hybridized carbons (Fsp3) is 0.833. The molecule has 2 aliphatic rings. The second kappa shape index (κ2) is 4.33. The van der Waals surface area contributed by atoms with Crippen LogP contribution in [0.25, 0.3) is 0 Å². The van der Waals surface area contributed by atoms with Crippen molar-refractivity contribution in [3.05, 3.63) is 0 Å². The lowest BCUT2D eigenvalue weighted by Crippen LogP contribution is -2.35. The van der Waals surface area contributed by atoms with Gasteiger partial charge in [-0.2, -0.15) is 0 Å². The van der Waals surface area contributed by atoms with Gasteiger partial charge in [0.25, 0.3) is 0 Å². The van der Waals surface area contributed by atoms with Crippen LogP contribution in [-0.4, -0.2) is 37.1 Å². The van der Waals surface area contributed by atoms with E-state index in [9.17, 15) is 0 Å². The highest BCUT2D eigenvalue weighted by molar-refractivity contribution is 4.99. The van der Waals surface area contributed by atoms with E-state index < -0.39 is 0 Å². The SMILES string of the molecule is C#CCCN1CC2CNCC2C1CC. The fourth-order valence-corrected chi connectivity index (χ4v) is 3.14. The number of rotatable bonds is 3. The van der Waals surface area contributed by atoms with Crippen LogP contribution >= 0.6 is 0 Å². The standard InChI is InChI=1S/C12H20N2/c1-3-5-6-14-9-10-7-13-8-11(10)12(14)4-2/h1,10-13H,4-9H2,2H3. The van der Waals surface area contributed by atoms with Gasteiger partial charge in [-0.1, -0.05) is 6.92 Å². The largest absolute Gasteiger partial charge is 0.316 e. The third kappa shape index (κ3) is 1.67. The number of likely N-dealkylation sites (tertiary alicyclic amines) is 1. The highest BCUT2D eigenvalue weighted by atomic mass is 15.2. The van der Waals surface area contributed by atoms with Crippen molar-refractivity contribution in [2.45, 2.75) is 25.8 Å². The second-order valence-electron chi connectivity index (χ2n) is 4.51. The van der Waals surface area contributed by atoms with E-state index in [1.807, 2.05) is 0 Å². The van der Waals surface area contributed by atoms with Crippen molar-refractivity contribution in [3.8, 4) is 12.3 Å². The first-order chi connectivity index (χ1) is 6.86. The van der Waals surface area contributed by atoms with Crippen LogP contribution in [0.3, 0.4) is 0 Å². The molecule has 0 aromatic carbocycles. The lowest BCUT2D eigenvalue weighted by Gasteiger charge is -2.25. The Balaban J connectivity index is 1.96. The van der Waals surface area contributed by atoms with E-state index in [1.54, 1.807) is 0 Å². The van der Waals surface area contributed by atoms with Crippen LogP contribution in [-0.2, 0) is 0 Å². The number of hydrogen-bond acceptors (Lipinski definition) is 2. The molecule has 0 aromatic rings. The van der Waals surface area contributed by atoms with E-state index in [4.69, 9.17) is 6.42 Å². The summed E-state index contributed by atoms with van der Waals surface area (Å²) < 4.78 is 0. The minimum absolute atomic E-state index is 0.781. The number of hydrogen-bond donors (Lipinski definition) is 1. The molecule has 2 rings (SSSR count). The number of nitrogens with one attached hydrogen (secondary N) is 1. The van der Waals surface area contributed by atoms with Crippen LogP contribution in [0.15, 0.2) is 0 Å². The molecule has 0 aliphatic carbocycles. The first-order valence-electron chi connectivity index (χ1n) is 5.75. The van der Waals surface area contributed by atoms with Crippen LogP contribution in [0.2, 0.25) is 0 Å². The molecule has 14 heavy (non-hydrogen) atoms. The van der Waals surface area contributed by atoms with Crippen LogP contribution in [0, 0.1) is 24.2 Å². The fourth-order valence-electron chi connectivity index (χ4n) is 3.14. The van der Waals surface area contributed by atoms with Crippen LogP contribution in [0.4, 0.5) is 0 Å². The third-order valence-corrected chi connectivity index (χ3v) is 3.79. The Bertz CT molecular complexity index is 231. The minimum atomic E-state index is 0.781. The van der Waals surface area contributed by atoms with E-state index in [2.05, 4.69) is 23.1 Å². The van der Waals surface area contributed by atoms with E-state index in [0.29, 0.717) is 0 Å². The molecule has 0 bridgehead atoms. The summed E-state index contributed by atoms with van der Waals surface area (Å²) in [6.45, 7) is 7.09. The molecule has 2 fully saturated rings. The van der Waals surface area contributed by atoms with Crippen molar-refractivity contribution in [3.63, 3.8) is 0 Å². The molecular weight excluding hydrogens is 172 g/mol. The van der Waals surface area contributed by atoms with E-state index in [-0.39, 0.29) is 0 Å². The zero-order valence-electron chi connectivity index (χ0n) is 9.00. The maximum absolute atomic E-state index is 5.32. The summed E-state index contributed by atoms with van der Waals surface area (Å²) in [6, 6.07) is 0.781. The maximum Gasteiger partial charge on any atom is 0.0214 e. The topological polar surface area (TPSA) is 15.3 Å². The van der Waals surface area contributed by atoms with Gasteiger partial charge in [0.15, 0.2) is 0 Å². The quantitative estimate of drug-likeness (QED) is 0.670. The molecule has 2 aliphatic heterocycles. The van der Waals surface area contributed by atoms with Crippen molar-refractivity contribution in [1.29, 1.82) is 0 Å². The molecule has 3 unspecified atom stereocenters. The van der Waals surface area contributed by atoms with Crippen molar-refractivity contribution in [2.24, 2.45) is 11.8 Å². The molecule has 78 valence electrons. The van der Waals surface area contributed by atoms with Gasteiger partial charge in [0, 0.05) is 25.6 Å². The summed E-state index contributed by atoms with van der Waals surface area (Å²) in [4.78, 5) is 2.61. The van der Waals surface area contributed by atoms with Crippen molar-refractivity contribution >= 4 is 0 Å². The Kier molecular flexibility index (Phi) is 3.10. The lowest BCUT2D eigenvalue weighted by molar-refractivity contribution is 0.223. The molecule has 2 nitrogen and oxygen atoms in total. The summed E-state index contributed by atoms with van der Waals surface area (Å²) in [6.07, 6.45) is 7.50. The Morgan fingerprint density at radius 1 is 1.50 bits per heavy atom. The summed E-state index contributed by atoms with van der Waals surface area (Å²) in [7, 11) is 0. The van der Waals surface area contributed by atoms with Gasteiger partial charge in [0.1, 0.15) is 0 Å². The molecular formula is C12H20N2. The minimum Gasteiger partial charge on any atom is -0.316 e. The number of terminal acetylenes is 1. The van der Waals surface area contributed by atoms with Crippen LogP contribution in [0.5, 0.6) is 0 Å². The molecule has 0 aromatic heterocycles. The van der Waals surface area contributed by atoms with Crippen molar-refractivity contribution < 1.29 is 0 Å². The first-order valence-corrected chi connectivity index (χ1v) is 5.75. The van der Waals surface area contributed by atoms with Gasteiger partial charge in [-0.3, -0.25) is 4.90 Å². The van der Waals surface area contributed by atoms with Gasteiger partial charge in [0.05, 0.1) is 0 Å². The average molecular weight is 192 g/mol. The predicted molar refractivity (Wildman–Crippen MR) is 59.0 cm³/mol. The van der Waals surface area contributed by atoms with E-state index >= 15 is 0 Å². The Morgan fingerprint density at radius 2 is 2.36 bits per heavy atom. The lowest BCUT2D eigenvalue weighted by atomic mass is 9.93. The molecule has 3 atom stereocenters. The van der Waals surface area contributed by atoms with Crippen molar-refractivity contribution in [1.82, 2.24) is 10.2 Å². The Morgan fingerprint density at radius 3 is 3.07 bits per heavy atom. The molecule has 1 N–H and O–H groups in total. The highest BCUT2D eigenvalue weighted by Crippen LogP contribution is 2.33. The van der Waals surface area contributed by atoms with Crippen LogP contribution < -0.4 is 5.32 Å². The molecule has 2 heterocycles. The number of fused-ring (bicyclic) bond motifs is 1. The summed E-state index contributed by atoms with van der Waals surface area (Å²) in [5.41, 5.74) is 0. The van der Waals surface area contributed by atoms with E-state index in [0.717, 1.165) is 30.8 Å². The smallest absolute Gasteiger partial charge is 0.0214 e. The Hall–Kier alpha value is -0.520. The van der Waals surface area contributed by atoms with Gasteiger partial charge in [-0.15, -0.1) is 12.3 Å². The summed E-state index contributed by atoms with van der Waals surface area (Å²) in [5, 5.41) is 3.50. The van der Waals surface area contributed by atoms with Gasteiger partial charge < -0.3 is 5.32 Å². The average Bonchev–Trinajstić information content (AvgIpc) is 2.73. The van der Waals surface area contributed by atoms with Gasteiger partial charge in [0.2, 0.25) is 0 Å². The molecule has 0 radical (unpaired) electrons. The van der Waals surface area contributed by atoms with Gasteiger partial charge >= 0.3 is 0 Å². The summed E-state index contributed by atoms with van der Waals surface area (Å²) >= 11 is 0. The molecule has 0 saturated carbocycles. The highest BCUT2D eigenvalue weighted by Gasteiger charge is 2.42. The second-order valence-corrected chi connectivity index (χ2v) is 4.51. The summed E-state index contributed by atoms with van der Waals surface area (Å²) in [5.74, 6) is 4.52. The molecule has 0 spiro atoms. The first kappa shape index (κ1) is 10.0. The molecule has 2 heteroatoms. The van der Waals surface area contributed by atoms with Crippen LogP contribution in [0.1, 0.15) is 19.8 Å². The molecule has 2 saturated heterocycles. The predicted octanol–water partition coefficient (Wildman–Crippen LogP) is 0.940. The molecule has 0 amide bonds. The normalized spacial score (nSPS) is 37.0. The third-order valence-electron chi connectivity index (χ3n) is 3.79. The zero-order valence-corrected chi connectivity index (χ0v) is 9.00. The van der Waals surface area contributed by atoms with Crippen molar-refractivity contribution in [2.75, 3.05) is 26.2 Å². The Labute approximate surface area is 87.1 Å². The zero-order chi connectivity index (χ0) is 9.97. The maximum atomic E-state index is 5.32. The van der Waals surface area contributed by atoms with E-state index in [1.165, 1.54) is 26.1 Å². The van der Waals surface area contributed by atoms with Gasteiger partial charge in [-0.25, -0.2) is 0 Å². The number of nitrogens with zero attached hydrogens (tertiary/aromatic N) is 1.